The number of esters is 1. The summed E-state index contributed by atoms with van der Waals surface area (Å²) in [5.74, 6) is -0.195. The molecule has 0 aromatic carbocycles. The molecule has 4 N–H and O–H groups in total. The lowest BCUT2D eigenvalue weighted by atomic mass is 9.91. The summed E-state index contributed by atoms with van der Waals surface area (Å²) in [6, 6.07) is -0.836. The van der Waals surface area contributed by atoms with E-state index in [1.54, 1.807) is 6.92 Å². The van der Waals surface area contributed by atoms with Gasteiger partial charge in [-0.25, -0.2) is 0 Å². The van der Waals surface area contributed by atoms with E-state index in [1.165, 1.54) is 0 Å². The highest BCUT2D eigenvalue weighted by Crippen LogP contribution is 2.13. The molecule has 0 aliphatic heterocycles. The first kappa shape index (κ1) is 18.0. The third kappa shape index (κ3) is 5.76. The Balaban J connectivity index is 2.63. The Morgan fingerprint density at radius 2 is 2.14 bits per heavy atom. The molecule has 9 nitrogen and oxygen atoms in total. The van der Waals surface area contributed by atoms with Gasteiger partial charge in [0.05, 0.1) is 19.4 Å². The van der Waals surface area contributed by atoms with Gasteiger partial charge in [-0.05, 0) is 12.8 Å². The zero-order valence-electron chi connectivity index (χ0n) is 13.2. The van der Waals surface area contributed by atoms with E-state index in [1.807, 2.05) is 13.8 Å². The summed E-state index contributed by atoms with van der Waals surface area (Å²) in [5.41, 5.74) is 6.08. The van der Waals surface area contributed by atoms with Crippen molar-refractivity contribution in [3.8, 4) is 0 Å². The van der Waals surface area contributed by atoms with Crippen molar-refractivity contribution in [2.75, 3.05) is 6.61 Å². The van der Waals surface area contributed by atoms with Gasteiger partial charge in [0.1, 0.15) is 0 Å². The highest BCUT2D eigenvalue weighted by Gasteiger charge is 2.27. The van der Waals surface area contributed by atoms with E-state index in [0.717, 1.165) is 6.42 Å². The zero-order valence-corrected chi connectivity index (χ0v) is 13.2. The van der Waals surface area contributed by atoms with Crippen molar-refractivity contribution in [2.45, 2.75) is 52.1 Å². The molecule has 1 amide bonds. The van der Waals surface area contributed by atoms with E-state index in [2.05, 4.69) is 25.9 Å². The molecule has 0 bridgehead atoms. The van der Waals surface area contributed by atoms with Gasteiger partial charge in [-0.3, -0.25) is 9.59 Å². The summed E-state index contributed by atoms with van der Waals surface area (Å²) in [4.78, 5) is 23.6. The minimum absolute atomic E-state index is 0.00948. The number of hydrogen-bond acceptors (Lipinski definition) is 7. The highest BCUT2D eigenvalue weighted by molar-refractivity contribution is 5.78. The van der Waals surface area contributed by atoms with Gasteiger partial charge in [-0.15, -0.1) is 10.2 Å². The second-order valence-corrected chi connectivity index (χ2v) is 5.16. The lowest BCUT2D eigenvalue weighted by Gasteiger charge is -2.29. The van der Waals surface area contributed by atoms with Crippen LogP contribution < -0.4 is 11.1 Å². The number of tetrazole rings is 1. The van der Waals surface area contributed by atoms with Crippen molar-refractivity contribution in [2.24, 2.45) is 11.7 Å². The normalized spacial score (nSPS) is 14.9. The van der Waals surface area contributed by atoms with Crippen LogP contribution in [-0.4, -0.2) is 51.2 Å². The van der Waals surface area contributed by atoms with E-state index in [9.17, 15) is 9.59 Å². The number of nitrogens with two attached hydrogens (primary N) is 1. The van der Waals surface area contributed by atoms with Crippen LogP contribution in [0.5, 0.6) is 0 Å². The maximum Gasteiger partial charge on any atom is 0.307 e. The van der Waals surface area contributed by atoms with Gasteiger partial charge in [0.25, 0.3) is 0 Å². The molecule has 124 valence electrons. The number of amides is 1. The van der Waals surface area contributed by atoms with Crippen molar-refractivity contribution in [1.29, 1.82) is 0 Å². The molecule has 9 heteroatoms. The van der Waals surface area contributed by atoms with Gasteiger partial charge in [0.2, 0.25) is 5.91 Å². The van der Waals surface area contributed by atoms with Crippen LogP contribution >= 0.6 is 0 Å². The maximum absolute atomic E-state index is 12.1. The van der Waals surface area contributed by atoms with E-state index < -0.39 is 6.04 Å². The third-order valence-corrected chi connectivity index (χ3v) is 3.46. The Bertz CT molecular complexity index is 464. The molecule has 1 aromatic rings. The Labute approximate surface area is 129 Å². The summed E-state index contributed by atoms with van der Waals surface area (Å²) >= 11 is 0. The minimum atomic E-state index is -0.511. The lowest BCUT2D eigenvalue weighted by Crippen LogP contribution is -2.52. The van der Waals surface area contributed by atoms with E-state index >= 15 is 0 Å². The Hall–Kier alpha value is -2.03. The molecule has 0 fully saturated rings. The molecule has 0 aliphatic carbocycles. The number of aromatic nitrogens is 4. The summed E-state index contributed by atoms with van der Waals surface area (Å²) in [6.07, 6.45) is 0.893. The Kier molecular flexibility index (Phi) is 7.44. The summed E-state index contributed by atoms with van der Waals surface area (Å²) in [5, 5.41) is 16.0. The molecule has 1 rings (SSSR count). The van der Waals surface area contributed by atoms with Crippen LogP contribution in [0.4, 0.5) is 0 Å². The van der Waals surface area contributed by atoms with Gasteiger partial charge in [-0.1, -0.05) is 25.5 Å². The molecule has 1 aromatic heterocycles. The summed E-state index contributed by atoms with van der Waals surface area (Å²) in [7, 11) is 0. The first-order valence-corrected chi connectivity index (χ1v) is 7.40. The average Bonchev–Trinajstić information content (AvgIpc) is 2.96. The number of aromatic amines is 1. The fourth-order valence-corrected chi connectivity index (χ4v) is 2.10. The predicted molar refractivity (Wildman–Crippen MR) is 78.5 cm³/mol. The Morgan fingerprint density at radius 1 is 1.41 bits per heavy atom. The molecule has 0 saturated heterocycles. The van der Waals surface area contributed by atoms with Crippen LogP contribution in [0.1, 0.15) is 39.4 Å². The van der Waals surface area contributed by atoms with Crippen molar-refractivity contribution < 1.29 is 14.3 Å². The standard InChI is InChI=1S/C13H24N6O3/c1-4-8(3)13(9(14)6-12(21)22-5-2)15-11(20)7-10-16-18-19-17-10/h8-9,13H,4-7,14H2,1-3H3,(H,15,20)(H,16,17,18,19). The molecule has 22 heavy (non-hydrogen) atoms. The first-order valence-electron chi connectivity index (χ1n) is 7.40. The number of nitrogens with zero attached hydrogens (tertiary/aromatic N) is 3. The number of rotatable bonds is 9. The number of H-pyrrole nitrogens is 1. The second kappa shape index (κ2) is 9.08. The number of ether oxygens (including phenoxy) is 1. The third-order valence-electron chi connectivity index (χ3n) is 3.46. The molecular formula is C13H24N6O3. The molecule has 3 atom stereocenters. The van der Waals surface area contributed by atoms with Crippen LogP contribution in [0.3, 0.4) is 0 Å². The van der Waals surface area contributed by atoms with Crippen molar-refractivity contribution in [3.05, 3.63) is 5.82 Å². The van der Waals surface area contributed by atoms with Gasteiger partial charge in [0.15, 0.2) is 5.82 Å². The van der Waals surface area contributed by atoms with Crippen LogP contribution in [0, 0.1) is 5.92 Å². The van der Waals surface area contributed by atoms with E-state index in [-0.39, 0.29) is 36.7 Å². The van der Waals surface area contributed by atoms with E-state index in [4.69, 9.17) is 10.5 Å². The van der Waals surface area contributed by atoms with Gasteiger partial charge < -0.3 is 15.8 Å². The molecule has 3 unspecified atom stereocenters. The van der Waals surface area contributed by atoms with Crippen LogP contribution in [0.25, 0.3) is 0 Å². The second-order valence-electron chi connectivity index (χ2n) is 5.16. The highest BCUT2D eigenvalue weighted by atomic mass is 16.5. The lowest BCUT2D eigenvalue weighted by molar-refractivity contribution is -0.144. The fourth-order valence-electron chi connectivity index (χ4n) is 2.10. The maximum atomic E-state index is 12.1. The number of nitrogens with one attached hydrogen (secondary N) is 2. The van der Waals surface area contributed by atoms with Crippen molar-refractivity contribution in [3.63, 3.8) is 0 Å². The smallest absolute Gasteiger partial charge is 0.307 e. The van der Waals surface area contributed by atoms with Gasteiger partial charge in [0, 0.05) is 12.1 Å². The molecule has 1 heterocycles. The van der Waals surface area contributed by atoms with Crippen LogP contribution in [0.2, 0.25) is 0 Å². The number of hydrogen-bond donors (Lipinski definition) is 3. The Morgan fingerprint density at radius 3 is 2.68 bits per heavy atom. The number of carbonyl (C=O) groups is 2. The summed E-state index contributed by atoms with van der Waals surface area (Å²) in [6.45, 7) is 6.02. The zero-order chi connectivity index (χ0) is 16.5. The average molecular weight is 312 g/mol. The molecule has 0 spiro atoms. The molecular weight excluding hydrogens is 288 g/mol. The predicted octanol–water partition coefficient (Wildman–Crippen LogP) is -0.446. The fraction of sp³-hybridized carbons (Fsp3) is 0.769. The molecule has 0 saturated carbocycles. The minimum Gasteiger partial charge on any atom is -0.466 e. The molecule has 0 aliphatic rings. The largest absolute Gasteiger partial charge is 0.466 e. The van der Waals surface area contributed by atoms with Crippen LogP contribution in [0.15, 0.2) is 0 Å². The van der Waals surface area contributed by atoms with Crippen molar-refractivity contribution in [1.82, 2.24) is 25.9 Å². The molecule has 0 radical (unpaired) electrons. The topological polar surface area (TPSA) is 136 Å². The van der Waals surface area contributed by atoms with Crippen molar-refractivity contribution >= 4 is 11.9 Å². The SMILES string of the molecule is CCOC(=O)CC(N)C(NC(=O)Cc1nn[nH]n1)C(C)CC. The van der Waals surface area contributed by atoms with Gasteiger partial charge in [-0.2, -0.15) is 5.21 Å². The van der Waals surface area contributed by atoms with Crippen LogP contribution in [-0.2, 0) is 20.7 Å². The van der Waals surface area contributed by atoms with Gasteiger partial charge >= 0.3 is 5.97 Å². The number of carbonyl (C=O) groups excluding carboxylic acids is 2. The first-order chi connectivity index (χ1) is 10.5. The monoisotopic (exact) mass is 312 g/mol. The summed E-state index contributed by atoms with van der Waals surface area (Å²) < 4.78 is 4.90. The quantitative estimate of drug-likeness (QED) is 0.525. The van der Waals surface area contributed by atoms with E-state index in [0.29, 0.717) is 12.4 Å².